The van der Waals surface area contributed by atoms with Crippen molar-refractivity contribution >= 4 is 80.4 Å². The van der Waals surface area contributed by atoms with E-state index in [1.165, 1.54) is 55.5 Å². The summed E-state index contributed by atoms with van der Waals surface area (Å²) in [6, 6.07) is 35.8. The third-order valence-corrected chi connectivity index (χ3v) is 23.0. The van der Waals surface area contributed by atoms with Crippen LogP contribution in [0, 0.1) is 19.8 Å². The van der Waals surface area contributed by atoms with Crippen LogP contribution in [-0.2, 0) is 87.5 Å². The minimum atomic E-state index is -0.868. The fraction of sp³-hybridized carbons (Fsp3) is 0.516. The Morgan fingerprint density at radius 2 is 1.18 bits per heavy atom. The first kappa shape index (κ1) is 91.5. The normalized spacial score (nSPS) is 15.9. The number of nitrogens with one attached hydrogen (secondary N) is 5. The number of aromatic hydroxyl groups is 1. The van der Waals surface area contributed by atoms with Crippen LogP contribution in [0.4, 0.5) is 11.4 Å². The standard InChI is InChI=1S/C95H129N9O13/c1-11-12-26-47-96-87(108)45-51-113-53-55-115-57-59-117-60-58-116-56-54-114-52-46-88(109)97-48-27-24-33-73(91(110)98-49-28-25-40-86(99-67-105)100-92(111)82-64-72-32-18-19-34-74(72)66-104(82)93(112)83(101(8)9)65-79-68(2)61-76(107)62-69(79)3)63-75(106)35-15-14-29-50-103-81-44-42-71-31-21-23-37-78(71)90(81)95(6,7)85(103)39-17-13-16-38-84-94(4,5)89-77-36-22-20-30-70(77)41-43-80(89)102(84)10/h13,16-23,30-32,34,36-39,41-44,61-62,67,73,82-83,86H,11-12,14-15,24-29,33,35,40,45-60,63-66H2,1-10H3,(H5-,96,97,98,99,100,105,107,108,109,110,111)/p+1/t73?,82-,83-,86?/m0/s1. The first-order chi connectivity index (χ1) is 56.5. The zero-order valence-electron chi connectivity index (χ0n) is 71.1. The molecule has 6 N–H and O–H groups in total. The van der Waals surface area contributed by atoms with Gasteiger partial charge in [0.25, 0.3) is 0 Å². The molecule has 3 heterocycles. The van der Waals surface area contributed by atoms with Gasteiger partial charge in [-0.1, -0.05) is 144 Å². The molecule has 9 rings (SSSR count). The van der Waals surface area contributed by atoms with Crippen LogP contribution in [0.5, 0.6) is 5.75 Å². The number of benzene rings is 6. The predicted molar refractivity (Wildman–Crippen MR) is 464 cm³/mol. The average molecular weight is 1610 g/mol. The minimum absolute atomic E-state index is 0.00210. The lowest BCUT2D eigenvalue weighted by Gasteiger charge is -2.40. The van der Waals surface area contributed by atoms with Crippen LogP contribution >= 0.6 is 0 Å². The Morgan fingerprint density at radius 3 is 1.79 bits per heavy atom. The van der Waals surface area contributed by atoms with E-state index < -0.39 is 30.1 Å². The highest BCUT2D eigenvalue weighted by molar-refractivity contribution is 6.08. The molecule has 3 aliphatic heterocycles. The van der Waals surface area contributed by atoms with Crippen LogP contribution in [0.2, 0.25) is 0 Å². The van der Waals surface area contributed by atoms with Gasteiger partial charge in [-0.05, 0) is 185 Å². The maximum atomic E-state index is 14.8. The molecule has 0 spiro atoms. The Morgan fingerprint density at radius 1 is 0.615 bits per heavy atom. The number of rotatable bonds is 52. The Bertz CT molecular complexity index is 4410. The number of amides is 6. The van der Waals surface area contributed by atoms with Crippen molar-refractivity contribution in [1.82, 2.24) is 36.4 Å². The van der Waals surface area contributed by atoms with Gasteiger partial charge >= 0.3 is 0 Å². The zero-order valence-corrected chi connectivity index (χ0v) is 71.1. The number of ether oxygens (including phenoxy) is 5. The SMILES string of the molecule is CCCCCNC(=O)CCOCCOCCOCCOCCOCCC(=O)NCCCCC(CC(=O)CCCCCN1C(=CC=CC=CC2=[N+](C)c3ccc4ccccc4c3C2(C)C)C(C)(C)c2c1ccc1ccccc21)C(=O)NCCCCC(NC=O)NC(=O)[C@@H]1Cc2ccccc2CN1C(=O)[C@H](Cc1c(C)cc(O)cc1C)N(C)C. The van der Waals surface area contributed by atoms with E-state index in [1.54, 1.807) is 17.0 Å². The molecule has 3 aliphatic rings. The van der Waals surface area contributed by atoms with Crippen LogP contribution in [0.25, 0.3) is 21.5 Å². The van der Waals surface area contributed by atoms with Crippen molar-refractivity contribution in [3.8, 4) is 5.75 Å². The van der Waals surface area contributed by atoms with Gasteiger partial charge in [-0.2, -0.15) is 4.58 Å². The number of unbranched alkanes of at least 4 members (excludes halogenated alkanes) is 6. The Hall–Kier alpha value is -9.42. The number of likely N-dealkylation sites (N-methyl/N-ethyl adjacent to an activating group) is 1. The number of Topliss-reactive ketones (excluding diaryl/α,β-unsaturated/α-hetero) is 1. The van der Waals surface area contributed by atoms with Gasteiger partial charge in [-0.15, -0.1) is 0 Å². The molecule has 6 aromatic rings. The highest BCUT2D eigenvalue weighted by atomic mass is 16.6. The minimum Gasteiger partial charge on any atom is -0.508 e. The quantitative estimate of drug-likeness (QED) is 0.00682. The fourth-order valence-corrected chi connectivity index (χ4v) is 16.7. The summed E-state index contributed by atoms with van der Waals surface area (Å²) in [7, 11) is 5.85. The van der Waals surface area contributed by atoms with Crippen LogP contribution < -0.4 is 31.5 Å². The molecule has 632 valence electrons. The van der Waals surface area contributed by atoms with Gasteiger partial charge in [-0.25, -0.2) is 0 Å². The van der Waals surface area contributed by atoms with E-state index in [-0.39, 0.29) is 78.4 Å². The van der Waals surface area contributed by atoms with Crippen molar-refractivity contribution in [3.63, 3.8) is 0 Å². The number of aryl methyl sites for hydroxylation is 2. The predicted octanol–water partition coefficient (Wildman–Crippen LogP) is 13.3. The number of hydrogen-bond acceptors (Lipinski definition) is 15. The van der Waals surface area contributed by atoms with E-state index in [9.17, 15) is 38.7 Å². The number of carbonyl (C=O) groups is 7. The second-order valence-corrected chi connectivity index (χ2v) is 32.5. The monoisotopic (exact) mass is 1600 g/mol. The molecule has 0 aliphatic carbocycles. The average Bonchev–Trinajstić information content (AvgIpc) is 1.58. The van der Waals surface area contributed by atoms with Crippen molar-refractivity contribution in [2.45, 2.75) is 200 Å². The Balaban J connectivity index is 0.750. The summed E-state index contributed by atoms with van der Waals surface area (Å²) in [6.07, 6.45) is 20.9. The number of hydrogen-bond donors (Lipinski definition) is 6. The Kier molecular flexibility index (Phi) is 36.5. The lowest BCUT2D eigenvalue weighted by atomic mass is 9.79. The molecule has 22 heteroatoms. The second kappa shape index (κ2) is 46.7. The van der Waals surface area contributed by atoms with Crippen molar-refractivity contribution in [3.05, 3.63) is 184 Å². The lowest BCUT2D eigenvalue weighted by molar-refractivity contribution is -0.401. The molecule has 6 amide bonds. The lowest BCUT2D eigenvalue weighted by Crippen LogP contribution is -2.59. The number of fused-ring (bicyclic) bond motifs is 7. The van der Waals surface area contributed by atoms with E-state index in [1.807, 2.05) is 57.1 Å². The molecule has 22 nitrogen and oxygen atoms in total. The number of anilines is 1. The number of nitrogens with zero attached hydrogens (tertiary/aromatic N) is 4. The zero-order chi connectivity index (χ0) is 83.7. The fourth-order valence-electron chi connectivity index (χ4n) is 16.7. The molecular weight excluding hydrogens is 1480 g/mol. The summed E-state index contributed by atoms with van der Waals surface area (Å²) >= 11 is 0. The summed E-state index contributed by atoms with van der Waals surface area (Å²) in [6.45, 7) is 21.3. The van der Waals surface area contributed by atoms with Gasteiger partial charge in [0, 0.05) is 105 Å². The maximum absolute atomic E-state index is 14.8. The van der Waals surface area contributed by atoms with Crippen molar-refractivity contribution < 1.29 is 66.9 Å². The molecule has 4 atom stereocenters. The van der Waals surface area contributed by atoms with Crippen molar-refractivity contribution in [1.29, 1.82) is 0 Å². The Labute approximate surface area is 693 Å². The highest BCUT2D eigenvalue weighted by Crippen LogP contribution is 2.51. The maximum Gasteiger partial charge on any atom is 0.244 e. The summed E-state index contributed by atoms with van der Waals surface area (Å²) < 4.78 is 30.2. The molecule has 0 saturated heterocycles. The number of ketones is 1. The second-order valence-electron chi connectivity index (χ2n) is 32.5. The van der Waals surface area contributed by atoms with Crippen LogP contribution in [0.3, 0.4) is 0 Å². The molecule has 0 aromatic heterocycles. The van der Waals surface area contributed by atoms with Gasteiger partial charge in [0.1, 0.15) is 30.8 Å². The molecule has 0 saturated carbocycles. The van der Waals surface area contributed by atoms with Gasteiger partial charge in [0.15, 0.2) is 5.71 Å². The van der Waals surface area contributed by atoms with Crippen molar-refractivity contribution in [2.24, 2.45) is 5.92 Å². The molecule has 0 radical (unpaired) electrons. The molecule has 6 aromatic carbocycles. The molecule has 0 bridgehead atoms. The molecule has 2 unspecified atom stereocenters. The molecule has 0 fully saturated rings. The smallest absolute Gasteiger partial charge is 0.244 e. The van der Waals surface area contributed by atoms with Crippen LogP contribution in [-0.4, -0.2) is 199 Å². The van der Waals surface area contributed by atoms with Crippen LogP contribution in [0.1, 0.15) is 176 Å². The van der Waals surface area contributed by atoms with Gasteiger partial charge in [0.05, 0.1) is 77.5 Å². The van der Waals surface area contributed by atoms with Gasteiger partial charge < -0.3 is 65.2 Å². The van der Waals surface area contributed by atoms with E-state index in [0.717, 1.165) is 66.5 Å². The van der Waals surface area contributed by atoms with E-state index in [0.29, 0.717) is 150 Å². The van der Waals surface area contributed by atoms with Gasteiger partial charge in [0.2, 0.25) is 41.6 Å². The number of phenolic OH excluding ortho intramolecular Hbond substituents is 1. The van der Waals surface area contributed by atoms with E-state index >= 15 is 0 Å². The van der Waals surface area contributed by atoms with Crippen molar-refractivity contribution in [2.75, 3.05) is 118 Å². The summed E-state index contributed by atoms with van der Waals surface area (Å²) in [5.41, 5.74) is 11.6. The first-order valence-corrected chi connectivity index (χ1v) is 42.6. The number of carbonyl (C=O) groups excluding carboxylic acids is 7. The summed E-state index contributed by atoms with van der Waals surface area (Å²) in [5.74, 6) is -1.39. The van der Waals surface area contributed by atoms with E-state index in [4.69, 9.17) is 23.7 Å². The number of phenols is 1. The largest absolute Gasteiger partial charge is 0.508 e. The molecule has 117 heavy (non-hydrogen) atoms. The van der Waals surface area contributed by atoms with Gasteiger partial charge in [-0.3, -0.25) is 38.5 Å². The van der Waals surface area contributed by atoms with Crippen LogP contribution in [0.15, 0.2) is 145 Å². The number of allylic oxidation sites excluding steroid dienone is 6. The first-order valence-electron chi connectivity index (χ1n) is 42.6. The summed E-state index contributed by atoms with van der Waals surface area (Å²) in [4.78, 5) is 101. The highest BCUT2D eigenvalue weighted by Gasteiger charge is 2.45. The molecular formula is C95H130N9O13+. The third kappa shape index (κ3) is 26.3. The third-order valence-electron chi connectivity index (χ3n) is 23.0. The summed E-state index contributed by atoms with van der Waals surface area (Å²) in [5, 5.41) is 30.1. The topological polar surface area (TPSA) is 259 Å². The van der Waals surface area contributed by atoms with E-state index in [2.05, 4.69) is 181 Å².